The van der Waals surface area contributed by atoms with Crippen LogP contribution in [-0.2, 0) is 4.79 Å². The van der Waals surface area contributed by atoms with Gasteiger partial charge in [-0.05, 0) is 15.9 Å². The summed E-state index contributed by atoms with van der Waals surface area (Å²) in [4.78, 5) is 22.8. The van der Waals surface area contributed by atoms with Gasteiger partial charge >= 0.3 is 6.03 Å². The summed E-state index contributed by atoms with van der Waals surface area (Å²) >= 11 is 4.76. The van der Waals surface area contributed by atoms with E-state index in [0.717, 1.165) is 8.72 Å². The lowest BCUT2D eigenvalue weighted by Gasteiger charge is -1.98. The van der Waals surface area contributed by atoms with Gasteiger partial charge in [-0.25, -0.2) is 4.79 Å². The number of hydrogen-bond donors (Lipinski definition) is 2. The molecule has 4 nitrogen and oxygen atoms in total. The summed E-state index contributed by atoms with van der Waals surface area (Å²) < 4.78 is 0.976. The Bertz CT molecular complexity index is 362. The van der Waals surface area contributed by atoms with Crippen molar-refractivity contribution in [2.24, 2.45) is 0 Å². The Labute approximate surface area is 87.0 Å². The van der Waals surface area contributed by atoms with E-state index in [1.807, 2.05) is 6.08 Å². The van der Waals surface area contributed by atoms with Crippen molar-refractivity contribution in [2.45, 2.75) is 6.42 Å². The predicted molar refractivity (Wildman–Crippen MR) is 52.9 cm³/mol. The zero-order chi connectivity index (χ0) is 9.42. The molecule has 0 atom stereocenters. The minimum Gasteiger partial charge on any atom is -0.302 e. The highest BCUT2D eigenvalue weighted by Gasteiger charge is 2.28. The summed E-state index contributed by atoms with van der Waals surface area (Å²) in [7, 11) is 0. The van der Waals surface area contributed by atoms with Crippen LogP contribution < -0.4 is 10.6 Å². The molecular weight excluding hydrogens is 256 g/mol. The van der Waals surface area contributed by atoms with Gasteiger partial charge in [-0.3, -0.25) is 10.1 Å². The standard InChI is InChI=1S/C7H5BrN2O2S/c8-4-2-1-3(13-4)5-6(11)10-7(12)9-5/h2H,1H2,(H2,9,10,11,12). The second-order valence-corrected chi connectivity index (χ2v) is 5.04. The lowest BCUT2D eigenvalue weighted by Crippen LogP contribution is -2.22. The Morgan fingerprint density at radius 1 is 1.38 bits per heavy atom. The quantitative estimate of drug-likeness (QED) is 0.512. The Balaban J connectivity index is 2.26. The summed E-state index contributed by atoms with van der Waals surface area (Å²) in [5.74, 6) is -0.344. The molecule has 0 aromatic heterocycles. The number of urea groups is 1. The molecule has 2 aliphatic heterocycles. The fourth-order valence-corrected chi connectivity index (χ4v) is 2.65. The molecule has 0 saturated carbocycles. The molecular formula is C7H5BrN2O2S. The third-order valence-electron chi connectivity index (χ3n) is 1.64. The van der Waals surface area contributed by atoms with Gasteiger partial charge in [-0.15, -0.1) is 0 Å². The van der Waals surface area contributed by atoms with E-state index >= 15 is 0 Å². The Hall–Kier alpha value is -0.750. The molecule has 0 bridgehead atoms. The summed E-state index contributed by atoms with van der Waals surface area (Å²) in [6.07, 6.45) is 2.64. The van der Waals surface area contributed by atoms with Crippen LogP contribution >= 0.6 is 27.7 Å². The van der Waals surface area contributed by atoms with Crippen LogP contribution in [0.3, 0.4) is 0 Å². The molecule has 2 rings (SSSR count). The lowest BCUT2D eigenvalue weighted by atomic mass is 10.3. The van der Waals surface area contributed by atoms with Gasteiger partial charge in [0.2, 0.25) is 0 Å². The molecule has 1 fully saturated rings. The maximum Gasteiger partial charge on any atom is 0.326 e. The van der Waals surface area contributed by atoms with Gasteiger partial charge < -0.3 is 5.32 Å². The van der Waals surface area contributed by atoms with Crippen LogP contribution in [0.5, 0.6) is 0 Å². The number of amides is 3. The smallest absolute Gasteiger partial charge is 0.302 e. The number of carbonyl (C=O) groups excluding carboxylic acids is 2. The maximum atomic E-state index is 11.2. The van der Waals surface area contributed by atoms with E-state index in [9.17, 15) is 9.59 Å². The van der Waals surface area contributed by atoms with Crippen LogP contribution in [0.15, 0.2) is 20.5 Å². The number of thioether (sulfide) groups is 1. The third kappa shape index (κ3) is 1.64. The average Bonchev–Trinajstić information content (AvgIpc) is 2.58. The first kappa shape index (κ1) is 8.83. The van der Waals surface area contributed by atoms with Crippen molar-refractivity contribution < 1.29 is 9.59 Å². The van der Waals surface area contributed by atoms with Gasteiger partial charge in [0.05, 0.1) is 3.81 Å². The highest BCUT2D eigenvalue weighted by molar-refractivity contribution is 9.14. The van der Waals surface area contributed by atoms with Gasteiger partial charge in [0, 0.05) is 11.3 Å². The molecule has 2 N–H and O–H groups in total. The van der Waals surface area contributed by atoms with Crippen LogP contribution in [0, 0.1) is 0 Å². The highest BCUT2D eigenvalue weighted by Crippen LogP contribution is 2.40. The first-order valence-electron chi connectivity index (χ1n) is 3.56. The fraction of sp³-hybridized carbons (Fsp3) is 0.143. The molecule has 0 aliphatic carbocycles. The van der Waals surface area contributed by atoms with Crippen molar-refractivity contribution in [3.05, 3.63) is 20.5 Å². The predicted octanol–water partition coefficient (Wildman–Crippen LogP) is 1.41. The number of hydrogen-bond acceptors (Lipinski definition) is 3. The topological polar surface area (TPSA) is 58.2 Å². The highest BCUT2D eigenvalue weighted by atomic mass is 79.9. The molecule has 0 spiro atoms. The van der Waals surface area contributed by atoms with E-state index in [2.05, 4.69) is 26.6 Å². The van der Waals surface area contributed by atoms with E-state index in [1.54, 1.807) is 0 Å². The van der Waals surface area contributed by atoms with Gasteiger partial charge in [-0.1, -0.05) is 17.8 Å². The van der Waals surface area contributed by atoms with Gasteiger partial charge in [0.15, 0.2) is 0 Å². The van der Waals surface area contributed by atoms with Crippen LogP contribution in [0.2, 0.25) is 0 Å². The van der Waals surface area contributed by atoms with Crippen LogP contribution in [-0.4, -0.2) is 11.9 Å². The van der Waals surface area contributed by atoms with Gasteiger partial charge in [-0.2, -0.15) is 0 Å². The van der Waals surface area contributed by atoms with Crippen LogP contribution in [0.25, 0.3) is 0 Å². The average molecular weight is 261 g/mol. The van der Waals surface area contributed by atoms with E-state index in [0.29, 0.717) is 12.1 Å². The van der Waals surface area contributed by atoms with Gasteiger partial charge in [0.25, 0.3) is 5.91 Å². The largest absolute Gasteiger partial charge is 0.326 e. The van der Waals surface area contributed by atoms with Crippen molar-refractivity contribution >= 4 is 39.6 Å². The monoisotopic (exact) mass is 260 g/mol. The third-order valence-corrected chi connectivity index (χ3v) is 3.43. The zero-order valence-electron chi connectivity index (χ0n) is 6.39. The van der Waals surface area contributed by atoms with Crippen LogP contribution in [0.1, 0.15) is 6.42 Å². The van der Waals surface area contributed by atoms with Crippen LogP contribution in [0.4, 0.5) is 4.79 Å². The zero-order valence-corrected chi connectivity index (χ0v) is 8.79. The minimum atomic E-state index is -0.448. The Kier molecular flexibility index (Phi) is 2.17. The van der Waals surface area contributed by atoms with Crippen molar-refractivity contribution in [3.8, 4) is 0 Å². The Morgan fingerprint density at radius 2 is 2.15 bits per heavy atom. The molecule has 68 valence electrons. The number of nitrogens with one attached hydrogen (secondary N) is 2. The van der Waals surface area contributed by atoms with Gasteiger partial charge in [0.1, 0.15) is 5.70 Å². The molecule has 6 heteroatoms. The number of allylic oxidation sites excluding steroid dienone is 2. The SMILES string of the molecule is O=C1NC(=O)C(=C2CC=C(Br)S2)N1. The maximum absolute atomic E-state index is 11.2. The van der Waals surface area contributed by atoms with E-state index in [1.165, 1.54) is 11.8 Å². The summed E-state index contributed by atoms with van der Waals surface area (Å²) in [6, 6.07) is -0.448. The number of imide groups is 1. The number of rotatable bonds is 0. The molecule has 2 aliphatic rings. The van der Waals surface area contributed by atoms with E-state index < -0.39 is 6.03 Å². The summed E-state index contributed by atoms with van der Waals surface area (Å²) in [6.45, 7) is 0. The normalized spacial score (nSPS) is 27.3. The number of halogens is 1. The van der Waals surface area contributed by atoms with Crippen molar-refractivity contribution in [2.75, 3.05) is 0 Å². The second kappa shape index (κ2) is 3.19. The number of carbonyl (C=O) groups is 2. The van der Waals surface area contributed by atoms with E-state index in [-0.39, 0.29) is 5.91 Å². The Morgan fingerprint density at radius 3 is 2.62 bits per heavy atom. The first-order chi connectivity index (χ1) is 6.16. The molecule has 13 heavy (non-hydrogen) atoms. The molecule has 0 unspecified atom stereocenters. The summed E-state index contributed by atoms with van der Waals surface area (Å²) in [5.41, 5.74) is 0.376. The fourth-order valence-electron chi connectivity index (χ4n) is 1.09. The van der Waals surface area contributed by atoms with Crippen molar-refractivity contribution in [1.29, 1.82) is 0 Å². The molecule has 2 heterocycles. The molecule has 3 amide bonds. The second-order valence-electron chi connectivity index (χ2n) is 2.52. The molecule has 0 aromatic carbocycles. The van der Waals surface area contributed by atoms with E-state index in [4.69, 9.17) is 0 Å². The molecule has 0 aromatic rings. The summed E-state index contributed by atoms with van der Waals surface area (Å²) in [5, 5.41) is 4.63. The molecule has 0 radical (unpaired) electrons. The van der Waals surface area contributed by atoms with Crippen molar-refractivity contribution in [1.82, 2.24) is 10.6 Å². The first-order valence-corrected chi connectivity index (χ1v) is 5.17. The lowest BCUT2D eigenvalue weighted by molar-refractivity contribution is -0.115. The molecule has 1 saturated heterocycles. The minimum absolute atomic E-state index is 0.344. The van der Waals surface area contributed by atoms with Crippen molar-refractivity contribution in [3.63, 3.8) is 0 Å².